The van der Waals surface area contributed by atoms with Crippen LogP contribution in [0.2, 0.25) is 0 Å². The number of hydrogen-bond acceptors (Lipinski definition) is 4. The molecule has 0 aromatic carbocycles. The molecule has 0 saturated carbocycles. The zero-order chi connectivity index (χ0) is 16.7. The lowest BCUT2D eigenvalue weighted by Gasteiger charge is -2.24. The van der Waals surface area contributed by atoms with Gasteiger partial charge in [-0.3, -0.25) is 0 Å². The molecule has 1 saturated heterocycles. The van der Waals surface area contributed by atoms with Crippen LogP contribution in [0.15, 0.2) is 11.2 Å². The summed E-state index contributed by atoms with van der Waals surface area (Å²) in [6, 6.07) is 0. The van der Waals surface area contributed by atoms with Gasteiger partial charge in [0, 0.05) is 35.3 Å². The molecule has 1 aliphatic heterocycles. The van der Waals surface area contributed by atoms with E-state index in [4.69, 9.17) is 4.99 Å². The first-order valence-electron chi connectivity index (χ1n) is 8.60. The third-order valence-electron chi connectivity index (χ3n) is 3.85. The third-order valence-corrected chi connectivity index (χ3v) is 6.39. The van der Waals surface area contributed by atoms with Crippen LogP contribution in [0.25, 0.3) is 0 Å². The van der Waals surface area contributed by atoms with E-state index >= 15 is 0 Å². The summed E-state index contributed by atoms with van der Waals surface area (Å²) in [5.41, 5.74) is 0. The Kier molecular flexibility index (Phi) is 9.96. The smallest absolute Gasteiger partial charge is 0.191 e. The summed E-state index contributed by atoms with van der Waals surface area (Å²) in [6.07, 6.45) is 5.65. The summed E-state index contributed by atoms with van der Waals surface area (Å²) in [7, 11) is 0. The van der Waals surface area contributed by atoms with E-state index in [0.29, 0.717) is 17.2 Å². The second-order valence-corrected chi connectivity index (χ2v) is 9.65. The summed E-state index contributed by atoms with van der Waals surface area (Å²) >= 11 is 3.86. The highest BCUT2D eigenvalue weighted by molar-refractivity contribution is 14.0. The molecular formula is C17H31IN4S2. The second-order valence-electron chi connectivity index (χ2n) is 6.77. The van der Waals surface area contributed by atoms with E-state index in [-0.39, 0.29) is 24.0 Å². The van der Waals surface area contributed by atoms with Gasteiger partial charge in [-0.1, -0.05) is 13.8 Å². The molecule has 138 valence electrons. The first kappa shape index (κ1) is 22.0. The molecule has 1 aliphatic rings. The Morgan fingerprint density at radius 3 is 2.83 bits per heavy atom. The number of nitrogens with zero attached hydrogens (tertiary/aromatic N) is 2. The Balaban J connectivity index is 0.00000288. The van der Waals surface area contributed by atoms with Crippen LogP contribution in [0.4, 0.5) is 0 Å². The summed E-state index contributed by atoms with van der Waals surface area (Å²) < 4.78 is 0.352. The molecule has 2 N–H and O–H groups in total. The first-order chi connectivity index (χ1) is 11.0. The van der Waals surface area contributed by atoms with Gasteiger partial charge in [0.25, 0.3) is 0 Å². The molecule has 7 heteroatoms. The molecule has 0 amide bonds. The van der Waals surface area contributed by atoms with Crippen LogP contribution >= 0.6 is 47.1 Å². The summed E-state index contributed by atoms with van der Waals surface area (Å²) in [4.78, 5) is 10.5. The van der Waals surface area contributed by atoms with E-state index in [9.17, 15) is 0 Å². The van der Waals surface area contributed by atoms with Crippen molar-refractivity contribution in [2.45, 2.75) is 58.2 Å². The van der Waals surface area contributed by atoms with Gasteiger partial charge in [-0.25, -0.2) is 9.98 Å². The van der Waals surface area contributed by atoms with Gasteiger partial charge >= 0.3 is 0 Å². The fourth-order valence-electron chi connectivity index (χ4n) is 2.61. The average molecular weight is 483 g/mol. The van der Waals surface area contributed by atoms with Crippen molar-refractivity contribution in [2.24, 2.45) is 10.9 Å². The maximum absolute atomic E-state index is 4.72. The lowest BCUT2D eigenvalue weighted by Crippen LogP contribution is -2.43. The molecule has 1 fully saturated rings. The van der Waals surface area contributed by atoms with E-state index in [1.54, 1.807) is 11.3 Å². The van der Waals surface area contributed by atoms with E-state index in [2.05, 4.69) is 55.1 Å². The van der Waals surface area contributed by atoms with E-state index in [1.165, 1.54) is 28.5 Å². The fraction of sp³-hybridized carbons (Fsp3) is 0.765. The highest BCUT2D eigenvalue weighted by Crippen LogP contribution is 2.36. The summed E-state index contributed by atoms with van der Waals surface area (Å²) in [5.74, 6) is 2.85. The Morgan fingerprint density at radius 1 is 1.42 bits per heavy atom. The van der Waals surface area contributed by atoms with Crippen LogP contribution in [-0.4, -0.2) is 34.5 Å². The number of aliphatic imine (C=N–C) groups is 1. The van der Waals surface area contributed by atoms with Crippen molar-refractivity contribution < 1.29 is 0 Å². The van der Waals surface area contributed by atoms with Gasteiger partial charge < -0.3 is 10.6 Å². The Morgan fingerprint density at radius 2 is 2.21 bits per heavy atom. The lowest BCUT2D eigenvalue weighted by molar-refractivity contribution is 0.585. The van der Waals surface area contributed by atoms with Crippen molar-refractivity contribution in [1.82, 2.24) is 15.6 Å². The van der Waals surface area contributed by atoms with Crippen molar-refractivity contribution in [3.63, 3.8) is 0 Å². The predicted octanol–water partition coefficient (Wildman–Crippen LogP) is 4.30. The van der Waals surface area contributed by atoms with Gasteiger partial charge in [0.1, 0.15) is 0 Å². The van der Waals surface area contributed by atoms with Crippen LogP contribution in [-0.2, 0) is 13.0 Å². The largest absolute Gasteiger partial charge is 0.357 e. The SMILES string of the molecule is CCNC(=NCc1cnc(CC(C)C)s1)NCC1(C)CCCS1.I. The quantitative estimate of drug-likeness (QED) is 0.346. The van der Waals surface area contributed by atoms with E-state index in [0.717, 1.165) is 25.5 Å². The van der Waals surface area contributed by atoms with Gasteiger partial charge in [0.2, 0.25) is 0 Å². The zero-order valence-corrected chi connectivity index (χ0v) is 19.2. The monoisotopic (exact) mass is 482 g/mol. The van der Waals surface area contributed by atoms with Crippen molar-refractivity contribution in [1.29, 1.82) is 0 Å². The topological polar surface area (TPSA) is 49.3 Å². The van der Waals surface area contributed by atoms with Crippen molar-refractivity contribution in [2.75, 3.05) is 18.8 Å². The number of guanidine groups is 1. The lowest BCUT2D eigenvalue weighted by atomic mass is 10.1. The predicted molar refractivity (Wildman–Crippen MR) is 119 cm³/mol. The molecule has 1 aromatic heterocycles. The van der Waals surface area contributed by atoms with Crippen LogP contribution in [0, 0.1) is 5.92 Å². The number of rotatable bonds is 7. The van der Waals surface area contributed by atoms with Crippen LogP contribution < -0.4 is 10.6 Å². The average Bonchev–Trinajstić information content (AvgIpc) is 3.11. The highest BCUT2D eigenvalue weighted by Gasteiger charge is 2.29. The van der Waals surface area contributed by atoms with Gasteiger partial charge in [-0.05, 0) is 38.4 Å². The molecule has 2 rings (SSSR count). The molecule has 0 bridgehead atoms. The molecular weight excluding hydrogens is 451 g/mol. The molecule has 0 spiro atoms. The minimum absolute atomic E-state index is 0. The number of nitrogens with one attached hydrogen (secondary N) is 2. The maximum atomic E-state index is 4.72. The Labute approximate surface area is 172 Å². The molecule has 1 unspecified atom stereocenters. The van der Waals surface area contributed by atoms with Crippen LogP contribution in [0.5, 0.6) is 0 Å². The number of thioether (sulfide) groups is 1. The van der Waals surface area contributed by atoms with Crippen molar-refractivity contribution in [3.05, 3.63) is 16.1 Å². The highest BCUT2D eigenvalue weighted by atomic mass is 127. The first-order valence-corrected chi connectivity index (χ1v) is 10.4. The number of thiazole rings is 1. The minimum Gasteiger partial charge on any atom is -0.357 e. The van der Waals surface area contributed by atoms with Crippen molar-refractivity contribution in [3.8, 4) is 0 Å². The van der Waals surface area contributed by atoms with Gasteiger partial charge in [-0.15, -0.1) is 35.3 Å². The standard InChI is InChI=1S/C17H30N4S2.HI/c1-5-18-16(21-12-17(4)7-6-8-22-17)20-11-14-10-19-15(23-14)9-13(2)3;/h10,13H,5-9,11-12H2,1-4H3,(H2,18,20,21);1H. The molecule has 1 aromatic rings. The number of halogens is 1. The van der Waals surface area contributed by atoms with E-state index < -0.39 is 0 Å². The zero-order valence-electron chi connectivity index (χ0n) is 15.2. The molecule has 24 heavy (non-hydrogen) atoms. The Bertz CT molecular complexity index is 510. The summed E-state index contributed by atoms with van der Waals surface area (Å²) in [5, 5.41) is 8.08. The van der Waals surface area contributed by atoms with Crippen LogP contribution in [0.1, 0.15) is 50.4 Å². The van der Waals surface area contributed by atoms with Crippen molar-refractivity contribution >= 4 is 53.0 Å². The summed E-state index contributed by atoms with van der Waals surface area (Å²) in [6.45, 7) is 11.5. The van der Waals surface area contributed by atoms with Gasteiger partial charge in [0.05, 0.1) is 11.6 Å². The number of hydrogen-bond donors (Lipinski definition) is 2. The Hall–Kier alpha value is -0.0200. The van der Waals surface area contributed by atoms with Gasteiger partial charge in [-0.2, -0.15) is 11.8 Å². The molecule has 1 atom stereocenters. The fourth-order valence-corrected chi connectivity index (χ4v) is 4.91. The maximum Gasteiger partial charge on any atom is 0.191 e. The molecule has 0 aliphatic carbocycles. The molecule has 4 nitrogen and oxygen atoms in total. The molecule has 0 radical (unpaired) electrons. The third kappa shape index (κ3) is 7.47. The van der Waals surface area contributed by atoms with E-state index in [1.807, 2.05) is 6.20 Å². The minimum atomic E-state index is 0. The normalized spacial score (nSPS) is 21.0. The molecule has 2 heterocycles. The van der Waals surface area contributed by atoms with Gasteiger partial charge in [0.15, 0.2) is 5.96 Å². The number of aromatic nitrogens is 1. The van der Waals surface area contributed by atoms with Crippen LogP contribution in [0.3, 0.4) is 0 Å². The second kappa shape index (κ2) is 10.9.